The number of ether oxygens (including phenoxy) is 2. The summed E-state index contributed by atoms with van der Waals surface area (Å²) in [6, 6.07) is 11.4. The van der Waals surface area contributed by atoms with Crippen LogP contribution in [-0.2, 0) is 19.6 Å². The number of carbonyl (C=O) groups is 1. The van der Waals surface area contributed by atoms with Crippen molar-refractivity contribution in [2.75, 3.05) is 7.11 Å². The minimum absolute atomic E-state index is 0.0197. The van der Waals surface area contributed by atoms with Gasteiger partial charge in [0.15, 0.2) is 17.6 Å². The largest absolute Gasteiger partial charge is 0.493 e. The van der Waals surface area contributed by atoms with Crippen molar-refractivity contribution in [3.63, 3.8) is 0 Å². The second kappa shape index (κ2) is 9.26. The third kappa shape index (κ3) is 5.83. The first-order chi connectivity index (χ1) is 13.7. The maximum Gasteiger partial charge on any atom is 0.339 e. The van der Waals surface area contributed by atoms with Crippen molar-refractivity contribution in [2.24, 2.45) is 0 Å². The molecule has 0 amide bonds. The molecule has 1 atom stereocenters. The van der Waals surface area contributed by atoms with Gasteiger partial charge in [-0.2, -0.15) is 13.7 Å². The van der Waals surface area contributed by atoms with Gasteiger partial charge in [-0.15, -0.1) is 0 Å². The molecule has 0 N–H and O–H groups in total. The second-order valence-electron chi connectivity index (χ2n) is 6.26. The Kier molecular flexibility index (Phi) is 7.02. The van der Waals surface area contributed by atoms with E-state index in [9.17, 15) is 13.2 Å². The monoisotopic (exact) mass is 415 g/mol. The predicted octanol–water partition coefficient (Wildman–Crippen LogP) is 3.55. The van der Waals surface area contributed by atoms with Crippen LogP contribution in [0.1, 0.15) is 23.6 Å². The third-order valence-corrected chi connectivity index (χ3v) is 5.26. The summed E-state index contributed by atoms with van der Waals surface area (Å²) >= 11 is 0. The molecule has 0 aliphatic heterocycles. The molecule has 0 saturated heterocycles. The average Bonchev–Trinajstić information content (AvgIpc) is 2.68. The van der Waals surface area contributed by atoms with E-state index in [0.29, 0.717) is 11.1 Å². The van der Waals surface area contributed by atoms with E-state index in [-0.39, 0.29) is 16.4 Å². The van der Waals surface area contributed by atoms with Crippen molar-refractivity contribution in [2.45, 2.75) is 31.8 Å². The molecular weight excluding hydrogens is 394 g/mol. The van der Waals surface area contributed by atoms with Crippen LogP contribution in [0.3, 0.4) is 0 Å². The first-order valence-corrected chi connectivity index (χ1v) is 10.0. The summed E-state index contributed by atoms with van der Waals surface area (Å²) in [4.78, 5) is 11.7. The van der Waals surface area contributed by atoms with Gasteiger partial charge in [0, 0.05) is 6.08 Å². The molecule has 2 rings (SSSR count). The molecule has 2 aromatic rings. The fourth-order valence-corrected chi connectivity index (χ4v) is 3.66. The molecule has 0 aliphatic carbocycles. The summed E-state index contributed by atoms with van der Waals surface area (Å²) in [6.07, 6.45) is 1.77. The van der Waals surface area contributed by atoms with Gasteiger partial charge in [0.2, 0.25) is 0 Å². The fraction of sp³-hybridized carbons (Fsp3) is 0.238. The molecule has 7 nitrogen and oxygen atoms in total. The minimum Gasteiger partial charge on any atom is -0.493 e. The van der Waals surface area contributed by atoms with E-state index in [0.717, 1.165) is 11.6 Å². The summed E-state index contributed by atoms with van der Waals surface area (Å²) in [7, 11) is -2.68. The zero-order chi connectivity index (χ0) is 21.6. The lowest BCUT2D eigenvalue weighted by atomic mass is 10.2. The number of rotatable bonds is 7. The van der Waals surface area contributed by atoms with E-state index in [2.05, 4.69) is 0 Å². The molecule has 0 fully saturated rings. The second-order valence-corrected chi connectivity index (χ2v) is 7.77. The maximum atomic E-state index is 12.7. The van der Waals surface area contributed by atoms with Crippen LogP contribution in [0.25, 0.3) is 6.08 Å². The average molecular weight is 415 g/mol. The summed E-state index contributed by atoms with van der Waals surface area (Å²) in [6.45, 7) is 4.94. The van der Waals surface area contributed by atoms with Gasteiger partial charge in [-0.3, -0.25) is 0 Å². The van der Waals surface area contributed by atoms with E-state index in [4.69, 9.17) is 18.9 Å². The number of methoxy groups -OCH3 is 1. The Bertz CT molecular complexity index is 1080. The smallest absolute Gasteiger partial charge is 0.339 e. The maximum absolute atomic E-state index is 12.7. The molecule has 0 heterocycles. The number of nitriles is 1. The minimum atomic E-state index is -4.06. The summed E-state index contributed by atoms with van der Waals surface area (Å²) in [5.74, 6) is -0.470. The molecule has 152 valence electrons. The van der Waals surface area contributed by atoms with Gasteiger partial charge in [-0.05, 0) is 61.7 Å². The highest BCUT2D eigenvalue weighted by atomic mass is 32.2. The molecule has 0 spiro atoms. The van der Waals surface area contributed by atoms with Gasteiger partial charge in [0.05, 0.1) is 7.11 Å². The Morgan fingerprint density at radius 2 is 1.86 bits per heavy atom. The van der Waals surface area contributed by atoms with E-state index >= 15 is 0 Å². The molecule has 0 bridgehead atoms. The van der Waals surface area contributed by atoms with Gasteiger partial charge in [0.25, 0.3) is 0 Å². The van der Waals surface area contributed by atoms with Gasteiger partial charge in [0.1, 0.15) is 11.0 Å². The third-order valence-electron chi connectivity index (χ3n) is 3.89. The molecule has 8 heteroatoms. The van der Waals surface area contributed by atoms with Crippen molar-refractivity contribution in [3.05, 3.63) is 59.2 Å². The highest BCUT2D eigenvalue weighted by Gasteiger charge is 2.21. The highest BCUT2D eigenvalue weighted by molar-refractivity contribution is 7.87. The SMILES string of the molecule is COc1cc(/C=C/C(=O)O[C@@H](C)C#N)ccc1OS(=O)(=O)c1cc(C)ccc1C. The van der Waals surface area contributed by atoms with Crippen LogP contribution < -0.4 is 8.92 Å². The molecule has 0 aromatic heterocycles. The van der Waals surface area contributed by atoms with Crippen molar-refractivity contribution < 1.29 is 26.9 Å². The molecule has 0 aliphatic rings. The Hall–Kier alpha value is -3.31. The topological polar surface area (TPSA) is 103 Å². The lowest BCUT2D eigenvalue weighted by molar-refractivity contribution is -0.139. The Morgan fingerprint density at radius 1 is 1.14 bits per heavy atom. The van der Waals surface area contributed by atoms with Crippen LogP contribution in [0.15, 0.2) is 47.4 Å². The molecule has 0 radical (unpaired) electrons. The molecular formula is C21H21NO6S. The van der Waals surface area contributed by atoms with Crippen LogP contribution in [-0.4, -0.2) is 27.6 Å². The number of aryl methyl sites for hydroxylation is 2. The number of carbonyl (C=O) groups excluding carboxylic acids is 1. The zero-order valence-corrected chi connectivity index (χ0v) is 17.3. The Morgan fingerprint density at radius 3 is 2.52 bits per heavy atom. The van der Waals surface area contributed by atoms with Gasteiger partial charge >= 0.3 is 16.1 Å². The lowest BCUT2D eigenvalue weighted by Gasteiger charge is -2.13. The number of esters is 1. The van der Waals surface area contributed by atoms with Crippen LogP contribution in [0.5, 0.6) is 11.5 Å². The van der Waals surface area contributed by atoms with Gasteiger partial charge < -0.3 is 13.7 Å². The number of nitrogens with zero attached hydrogens (tertiary/aromatic N) is 1. The number of hydrogen-bond donors (Lipinski definition) is 0. The summed E-state index contributed by atoms with van der Waals surface area (Å²) in [5.41, 5.74) is 1.92. The fourth-order valence-electron chi connectivity index (χ4n) is 2.40. The highest BCUT2D eigenvalue weighted by Crippen LogP contribution is 2.32. The summed E-state index contributed by atoms with van der Waals surface area (Å²) < 4.78 is 40.7. The molecule has 0 saturated carbocycles. The molecule has 0 unspecified atom stereocenters. The predicted molar refractivity (Wildman–Crippen MR) is 107 cm³/mol. The summed E-state index contributed by atoms with van der Waals surface area (Å²) in [5, 5.41) is 8.64. The molecule has 29 heavy (non-hydrogen) atoms. The van der Waals surface area contributed by atoms with E-state index in [1.165, 1.54) is 32.2 Å². The normalized spacial score (nSPS) is 12.2. The number of hydrogen-bond acceptors (Lipinski definition) is 7. The molecule has 2 aromatic carbocycles. The van der Waals surface area contributed by atoms with E-state index in [1.807, 2.05) is 6.07 Å². The first-order valence-electron chi connectivity index (χ1n) is 8.64. The standard InChI is InChI=1S/C21H21NO6S/c1-14-5-6-15(2)20(11-14)29(24,25)28-18-9-7-17(12-19(18)26-4)8-10-21(23)27-16(3)13-22/h5-12,16H,1-4H3/b10-8+/t16-/m0/s1. The van der Waals surface area contributed by atoms with Crippen molar-refractivity contribution in [3.8, 4) is 17.6 Å². The van der Waals surface area contributed by atoms with Crippen LogP contribution in [0.2, 0.25) is 0 Å². The van der Waals surface area contributed by atoms with Crippen LogP contribution in [0, 0.1) is 25.2 Å². The van der Waals surface area contributed by atoms with E-state index in [1.54, 1.807) is 38.1 Å². The Labute approximate surface area is 170 Å². The lowest BCUT2D eigenvalue weighted by Crippen LogP contribution is -2.12. The van der Waals surface area contributed by atoms with Crippen molar-refractivity contribution in [1.29, 1.82) is 5.26 Å². The zero-order valence-electron chi connectivity index (χ0n) is 16.5. The van der Waals surface area contributed by atoms with E-state index < -0.39 is 22.2 Å². The quantitative estimate of drug-likeness (QED) is 0.387. The van der Waals surface area contributed by atoms with Crippen LogP contribution in [0.4, 0.5) is 0 Å². The first kappa shape index (κ1) is 22.0. The van der Waals surface area contributed by atoms with Crippen LogP contribution >= 0.6 is 0 Å². The van der Waals surface area contributed by atoms with Gasteiger partial charge in [-0.25, -0.2) is 4.79 Å². The Balaban J connectivity index is 2.26. The van der Waals surface area contributed by atoms with Crippen molar-refractivity contribution >= 4 is 22.2 Å². The van der Waals surface area contributed by atoms with Crippen molar-refractivity contribution in [1.82, 2.24) is 0 Å². The number of benzene rings is 2. The van der Waals surface area contributed by atoms with Gasteiger partial charge in [-0.1, -0.05) is 18.2 Å².